The van der Waals surface area contributed by atoms with Gasteiger partial charge in [0.2, 0.25) is 0 Å². The molecule has 0 unspecified atom stereocenters. The van der Waals surface area contributed by atoms with Crippen molar-refractivity contribution in [3.8, 4) is 0 Å². The fraction of sp³-hybridized carbons (Fsp3) is 0.250. The van der Waals surface area contributed by atoms with Gasteiger partial charge in [-0.25, -0.2) is 0 Å². The predicted molar refractivity (Wildman–Crippen MR) is 71.4 cm³/mol. The monoisotopic (exact) mass is 210 g/mol. The van der Waals surface area contributed by atoms with Gasteiger partial charge in [0.05, 0.1) is 0 Å². The van der Waals surface area contributed by atoms with Gasteiger partial charge in [-0.15, -0.1) is 0 Å². The number of rotatable bonds is 2. The van der Waals surface area contributed by atoms with Crippen molar-refractivity contribution >= 4 is 6.08 Å². The SMILES string of the molecule is C/C=C\C=C/C1=Cc2ccccc2C1(C)C. The first-order chi connectivity index (χ1) is 7.66. The lowest BCUT2D eigenvalue weighted by molar-refractivity contribution is 0.655. The first kappa shape index (κ1) is 10.9. The average molecular weight is 210 g/mol. The quantitative estimate of drug-likeness (QED) is 0.631. The van der Waals surface area contributed by atoms with Crippen molar-refractivity contribution in [3.05, 3.63) is 65.3 Å². The number of hydrogen-bond acceptors (Lipinski definition) is 0. The van der Waals surface area contributed by atoms with Gasteiger partial charge in [0.15, 0.2) is 0 Å². The molecule has 0 heteroatoms. The average Bonchev–Trinajstić information content (AvgIpc) is 2.52. The first-order valence-electron chi connectivity index (χ1n) is 5.77. The lowest BCUT2D eigenvalue weighted by Gasteiger charge is -2.22. The lowest BCUT2D eigenvalue weighted by atomic mass is 9.81. The molecule has 0 aromatic heterocycles. The molecule has 1 aliphatic rings. The molecule has 0 N–H and O–H groups in total. The Morgan fingerprint density at radius 1 is 1.06 bits per heavy atom. The maximum Gasteiger partial charge on any atom is 0.0152 e. The van der Waals surface area contributed by atoms with Crippen LogP contribution in [0.15, 0.2) is 54.1 Å². The van der Waals surface area contributed by atoms with Crippen LogP contribution in [0.5, 0.6) is 0 Å². The summed E-state index contributed by atoms with van der Waals surface area (Å²) < 4.78 is 0. The zero-order chi connectivity index (χ0) is 11.6. The van der Waals surface area contributed by atoms with Crippen molar-refractivity contribution in [2.24, 2.45) is 0 Å². The number of benzene rings is 1. The maximum absolute atomic E-state index is 2.29. The van der Waals surface area contributed by atoms with E-state index >= 15 is 0 Å². The zero-order valence-corrected chi connectivity index (χ0v) is 10.2. The van der Waals surface area contributed by atoms with Gasteiger partial charge < -0.3 is 0 Å². The molecule has 0 saturated carbocycles. The van der Waals surface area contributed by atoms with E-state index in [1.807, 2.05) is 13.0 Å². The third-order valence-corrected chi connectivity index (χ3v) is 3.25. The Labute approximate surface area is 98.0 Å². The molecule has 0 fully saturated rings. The Balaban J connectivity index is 2.39. The molecule has 0 amide bonds. The molecule has 0 bridgehead atoms. The van der Waals surface area contributed by atoms with E-state index in [2.05, 4.69) is 62.4 Å². The van der Waals surface area contributed by atoms with Crippen molar-refractivity contribution in [3.63, 3.8) is 0 Å². The summed E-state index contributed by atoms with van der Waals surface area (Å²) in [6.45, 7) is 6.60. The molecular weight excluding hydrogens is 192 g/mol. The predicted octanol–water partition coefficient (Wildman–Crippen LogP) is 4.49. The molecule has 0 spiro atoms. The second-order valence-corrected chi connectivity index (χ2v) is 4.70. The summed E-state index contributed by atoms with van der Waals surface area (Å²) in [5.41, 5.74) is 4.30. The van der Waals surface area contributed by atoms with E-state index in [0.717, 1.165) is 0 Å². The van der Waals surface area contributed by atoms with E-state index in [9.17, 15) is 0 Å². The molecule has 0 heterocycles. The van der Waals surface area contributed by atoms with Gasteiger partial charge in [0.25, 0.3) is 0 Å². The molecule has 1 aliphatic carbocycles. The minimum absolute atomic E-state index is 0.134. The normalized spacial score (nSPS) is 18.1. The van der Waals surface area contributed by atoms with Gasteiger partial charge >= 0.3 is 0 Å². The Morgan fingerprint density at radius 3 is 2.50 bits per heavy atom. The van der Waals surface area contributed by atoms with Crippen molar-refractivity contribution in [1.29, 1.82) is 0 Å². The maximum atomic E-state index is 2.29. The topological polar surface area (TPSA) is 0 Å². The molecule has 2 rings (SSSR count). The highest BCUT2D eigenvalue weighted by Gasteiger charge is 2.30. The highest BCUT2D eigenvalue weighted by molar-refractivity contribution is 5.71. The zero-order valence-electron chi connectivity index (χ0n) is 10.2. The summed E-state index contributed by atoms with van der Waals surface area (Å²) in [6, 6.07) is 8.63. The summed E-state index contributed by atoms with van der Waals surface area (Å²) in [7, 11) is 0. The molecule has 0 saturated heterocycles. The first-order valence-corrected chi connectivity index (χ1v) is 5.77. The van der Waals surface area contributed by atoms with Crippen LogP contribution in [-0.4, -0.2) is 0 Å². The fourth-order valence-electron chi connectivity index (χ4n) is 2.22. The Hall–Kier alpha value is -1.56. The van der Waals surface area contributed by atoms with Crippen LogP contribution in [0.2, 0.25) is 0 Å². The van der Waals surface area contributed by atoms with E-state index in [1.165, 1.54) is 16.7 Å². The number of allylic oxidation sites excluding steroid dienone is 5. The van der Waals surface area contributed by atoms with E-state index in [1.54, 1.807) is 0 Å². The molecule has 1 aromatic rings. The lowest BCUT2D eigenvalue weighted by Crippen LogP contribution is -2.15. The van der Waals surface area contributed by atoms with Crippen molar-refractivity contribution in [2.75, 3.05) is 0 Å². The van der Waals surface area contributed by atoms with Gasteiger partial charge in [-0.2, -0.15) is 0 Å². The molecule has 0 atom stereocenters. The van der Waals surface area contributed by atoms with Crippen molar-refractivity contribution < 1.29 is 0 Å². The second-order valence-electron chi connectivity index (χ2n) is 4.70. The van der Waals surface area contributed by atoms with Crippen LogP contribution < -0.4 is 0 Å². The highest BCUT2D eigenvalue weighted by atomic mass is 14.3. The fourth-order valence-corrected chi connectivity index (χ4v) is 2.22. The summed E-state index contributed by atoms with van der Waals surface area (Å²) in [5.74, 6) is 0. The standard InChI is InChI=1S/C16H18/c1-4-5-6-10-14-12-13-9-7-8-11-15(13)16(14,2)3/h4-12H,1-3H3/b5-4-,10-6-. The molecule has 0 aliphatic heterocycles. The van der Waals surface area contributed by atoms with Gasteiger partial charge in [-0.1, -0.05) is 68.5 Å². The molecule has 0 nitrogen and oxygen atoms in total. The van der Waals surface area contributed by atoms with Crippen LogP contribution >= 0.6 is 0 Å². The van der Waals surface area contributed by atoms with Gasteiger partial charge in [-0.3, -0.25) is 0 Å². The molecule has 16 heavy (non-hydrogen) atoms. The molecule has 82 valence electrons. The van der Waals surface area contributed by atoms with Crippen LogP contribution in [0.25, 0.3) is 6.08 Å². The largest absolute Gasteiger partial charge is 0.0877 e. The Kier molecular flexibility index (Phi) is 2.82. The van der Waals surface area contributed by atoms with E-state index in [0.29, 0.717) is 0 Å². The van der Waals surface area contributed by atoms with Crippen molar-refractivity contribution in [1.82, 2.24) is 0 Å². The Bertz CT molecular complexity index is 471. The summed E-state index contributed by atoms with van der Waals surface area (Å²) in [4.78, 5) is 0. The summed E-state index contributed by atoms with van der Waals surface area (Å²) in [6.07, 6.45) is 10.7. The van der Waals surface area contributed by atoms with Crippen LogP contribution in [0, 0.1) is 0 Å². The van der Waals surface area contributed by atoms with Gasteiger partial charge in [0.1, 0.15) is 0 Å². The molecule has 0 radical (unpaired) electrons. The molecular formula is C16H18. The van der Waals surface area contributed by atoms with Crippen LogP contribution in [0.3, 0.4) is 0 Å². The Morgan fingerprint density at radius 2 is 1.81 bits per heavy atom. The van der Waals surface area contributed by atoms with E-state index < -0.39 is 0 Å². The third kappa shape index (κ3) is 1.76. The van der Waals surface area contributed by atoms with Crippen LogP contribution in [-0.2, 0) is 5.41 Å². The van der Waals surface area contributed by atoms with Crippen molar-refractivity contribution in [2.45, 2.75) is 26.2 Å². The van der Waals surface area contributed by atoms with Gasteiger partial charge in [-0.05, 0) is 23.6 Å². The number of hydrogen-bond donors (Lipinski definition) is 0. The number of fused-ring (bicyclic) bond motifs is 1. The van der Waals surface area contributed by atoms with Crippen LogP contribution in [0.1, 0.15) is 31.9 Å². The minimum Gasteiger partial charge on any atom is -0.0877 e. The minimum atomic E-state index is 0.134. The molecule has 1 aromatic carbocycles. The van der Waals surface area contributed by atoms with Gasteiger partial charge in [0, 0.05) is 5.41 Å². The summed E-state index contributed by atoms with van der Waals surface area (Å²) in [5, 5.41) is 0. The van der Waals surface area contributed by atoms with E-state index in [-0.39, 0.29) is 5.41 Å². The summed E-state index contributed by atoms with van der Waals surface area (Å²) >= 11 is 0. The smallest absolute Gasteiger partial charge is 0.0152 e. The second kappa shape index (κ2) is 4.13. The third-order valence-electron chi connectivity index (χ3n) is 3.25. The van der Waals surface area contributed by atoms with E-state index in [4.69, 9.17) is 0 Å². The highest BCUT2D eigenvalue weighted by Crippen LogP contribution is 2.41. The van der Waals surface area contributed by atoms with Crippen LogP contribution in [0.4, 0.5) is 0 Å².